The van der Waals surface area contributed by atoms with Crippen LogP contribution in [0.25, 0.3) is 11.0 Å². The van der Waals surface area contributed by atoms with E-state index in [4.69, 9.17) is 9.97 Å². The van der Waals surface area contributed by atoms with Crippen LogP contribution in [-0.4, -0.2) is 105 Å². The van der Waals surface area contributed by atoms with Crippen molar-refractivity contribution in [3.05, 3.63) is 75.3 Å². The fourth-order valence-electron chi connectivity index (χ4n) is 9.90. The molecule has 0 spiro atoms. The number of ketones is 1. The number of amides is 3. The van der Waals surface area contributed by atoms with Crippen LogP contribution in [0.3, 0.4) is 0 Å². The predicted molar refractivity (Wildman–Crippen MR) is 224 cm³/mol. The summed E-state index contributed by atoms with van der Waals surface area (Å²) in [4.78, 5) is 86.3. The van der Waals surface area contributed by atoms with Gasteiger partial charge >= 0.3 is 0 Å². The number of rotatable bonds is 10. The Hall–Kier alpha value is -5.70. The summed E-state index contributed by atoms with van der Waals surface area (Å²) in [6.07, 6.45) is 11.6. The third-order valence-corrected chi connectivity index (χ3v) is 13.3. The SMILES string of the molecule is CC(=O)c1c(C)c2cnc(Nc3ccc(N4CCC(CCN5CCN(c6ccc7c(c6)CN(C6CCC(=O)NC6=O)C7=O)CC5)CC4)cn3)nc2n(C2CCCC2)c1=O. The number of fused-ring (bicyclic) bond motifs is 2. The van der Waals surface area contributed by atoms with Gasteiger partial charge in [-0.15, -0.1) is 0 Å². The van der Waals surface area contributed by atoms with E-state index >= 15 is 0 Å². The minimum atomic E-state index is -0.599. The second kappa shape index (κ2) is 16.2. The van der Waals surface area contributed by atoms with Gasteiger partial charge in [-0.3, -0.25) is 38.8 Å². The maximum absolute atomic E-state index is 13.6. The summed E-state index contributed by atoms with van der Waals surface area (Å²) in [7, 11) is 0. The second-order valence-electron chi connectivity index (χ2n) is 16.9. The van der Waals surface area contributed by atoms with Crippen molar-refractivity contribution in [3.8, 4) is 0 Å². The number of piperazine rings is 1. The van der Waals surface area contributed by atoms with Crippen molar-refractivity contribution in [1.82, 2.24) is 34.6 Å². The van der Waals surface area contributed by atoms with Crippen LogP contribution < -0.4 is 26.0 Å². The highest BCUT2D eigenvalue weighted by Crippen LogP contribution is 2.34. The zero-order chi connectivity index (χ0) is 40.8. The molecule has 4 fully saturated rings. The zero-order valence-corrected chi connectivity index (χ0v) is 33.9. The number of pyridine rings is 2. The van der Waals surface area contributed by atoms with Gasteiger partial charge < -0.3 is 20.0 Å². The first-order valence-electron chi connectivity index (χ1n) is 21.3. The second-order valence-corrected chi connectivity index (χ2v) is 16.9. The molecular weight excluding hydrogens is 749 g/mol. The number of benzene rings is 1. The first kappa shape index (κ1) is 38.8. The Morgan fingerprint density at radius 2 is 1.61 bits per heavy atom. The highest BCUT2D eigenvalue weighted by atomic mass is 16.2. The highest BCUT2D eigenvalue weighted by Gasteiger charge is 2.39. The Morgan fingerprint density at radius 1 is 0.864 bits per heavy atom. The molecule has 15 nitrogen and oxygen atoms in total. The van der Waals surface area contributed by atoms with Gasteiger partial charge in [-0.05, 0) is 106 Å². The van der Waals surface area contributed by atoms with Crippen LogP contribution in [0.5, 0.6) is 0 Å². The van der Waals surface area contributed by atoms with Crippen molar-refractivity contribution in [3.63, 3.8) is 0 Å². The van der Waals surface area contributed by atoms with Gasteiger partial charge in [-0.1, -0.05) is 12.8 Å². The minimum absolute atomic E-state index is 0.0197. The standard InChI is InChI=1S/C44H52N10O5/c1-27-35-25-46-44(49-40(35)54(31-5-3-4-6-31)43(59)39(27)28(2)55)47-37-11-8-33(24-45-37)51-17-14-29(15-18-51)13-16-50-19-21-52(22-20-50)32-7-9-34-30(23-32)26-53(42(34)58)36-10-12-38(56)48-41(36)57/h7-9,11,23-25,29,31,36H,3-6,10,12-22,26H2,1-2H3,(H,48,56,57)(H,45,46,47,49). The molecule has 0 bridgehead atoms. The van der Waals surface area contributed by atoms with Crippen LogP contribution in [0.1, 0.15) is 103 Å². The lowest BCUT2D eigenvalue weighted by Crippen LogP contribution is -2.52. The molecule has 1 atom stereocenters. The first-order valence-corrected chi connectivity index (χ1v) is 21.3. The topological polar surface area (TPSA) is 166 Å². The quantitative estimate of drug-likeness (QED) is 0.167. The van der Waals surface area contributed by atoms with E-state index in [1.807, 2.05) is 24.4 Å². The largest absolute Gasteiger partial charge is 0.370 e. The number of Topliss-reactive ketones (excluding diaryl/α,β-unsaturated/α-hetero) is 1. The van der Waals surface area contributed by atoms with Crippen LogP contribution in [-0.2, 0) is 16.1 Å². The average molecular weight is 801 g/mol. The Bertz CT molecular complexity index is 2360. The number of aryl methyl sites for hydroxylation is 1. The number of nitrogens with zero attached hydrogens (tertiary/aromatic N) is 8. The third kappa shape index (κ3) is 7.68. The summed E-state index contributed by atoms with van der Waals surface area (Å²) in [5, 5.41) is 6.33. The zero-order valence-electron chi connectivity index (χ0n) is 33.9. The summed E-state index contributed by atoms with van der Waals surface area (Å²) < 4.78 is 1.73. The van der Waals surface area contributed by atoms with Gasteiger partial charge in [0.2, 0.25) is 17.8 Å². The van der Waals surface area contributed by atoms with Gasteiger partial charge in [0.1, 0.15) is 17.5 Å². The molecule has 5 aliphatic rings. The molecule has 1 unspecified atom stereocenters. The highest BCUT2D eigenvalue weighted by molar-refractivity contribution is 6.05. The maximum atomic E-state index is 13.6. The molecular formula is C44H52N10O5. The normalized spacial score (nSPS) is 20.7. The molecule has 1 aliphatic carbocycles. The van der Waals surface area contributed by atoms with Crippen molar-refractivity contribution in [1.29, 1.82) is 0 Å². The molecule has 7 heterocycles. The lowest BCUT2D eigenvalue weighted by Gasteiger charge is -2.38. The van der Waals surface area contributed by atoms with Gasteiger partial charge in [0.05, 0.1) is 17.4 Å². The lowest BCUT2D eigenvalue weighted by molar-refractivity contribution is -0.136. The van der Waals surface area contributed by atoms with E-state index in [0.717, 1.165) is 107 Å². The van der Waals surface area contributed by atoms with Crippen LogP contribution in [0, 0.1) is 12.8 Å². The Morgan fingerprint density at radius 3 is 2.32 bits per heavy atom. The molecule has 3 amide bonds. The maximum Gasteiger partial charge on any atom is 0.263 e. The van der Waals surface area contributed by atoms with Gasteiger partial charge in [-0.25, -0.2) is 9.97 Å². The molecule has 1 saturated carbocycles. The Kier molecular flexibility index (Phi) is 10.6. The number of carbonyl (C=O) groups is 4. The van der Waals surface area contributed by atoms with Crippen molar-refractivity contribution >= 4 is 57.7 Å². The predicted octanol–water partition coefficient (Wildman–Crippen LogP) is 4.75. The van der Waals surface area contributed by atoms with Crippen molar-refractivity contribution in [2.75, 3.05) is 60.9 Å². The number of imide groups is 1. The van der Waals surface area contributed by atoms with Gasteiger partial charge in [0.15, 0.2) is 5.78 Å². The number of carbonyl (C=O) groups excluding carboxylic acids is 4. The van der Waals surface area contributed by atoms with E-state index in [9.17, 15) is 24.0 Å². The van der Waals surface area contributed by atoms with E-state index in [-0.39, 0.29) is 47.1 Å². The van der Waals surface area contributed by atoms with E-state index in [1.165, 1.54) is 13.3 Å². The molecule has 308 valence electrons. The molecule has 0 radical (unpaired) electrons. The summed E-state index contributed by atoms with van der Waals surface area (Å²) in [6, 6.07) is 9.47. The fourth-order valence-corrected chi connectivity index (χ4v) is 9.90. The minimum Gasteiger partial charge on any atom is -0.370 e. The van der Waals surface area contributed by atoms with E-state index < -0.39 is 6.04 Å². The molecule has 59 heavy (non-hydrogen) atoms. The van der Waals surface area contributed by atoms with Crippen LogP contribution in [0.15, 0.2) is 47.5 Å². The first-order chi connectivity index (χ1) is 28.6. The molecule has 4 aromatic rings. The van der Waals surface area contributed by atoms with Gasteiger partial charge in [-0.2, -0.15) is 4.98 Å². The summed E-state index contributed by atoms with van der Waals surface area (Å²) >= 11 is 0. The smallest absolute Gasteiger partial charge is 0.263 e. The van der Waals surface area contributed by atoms with Crippen LogP contribution in [0.4, 0.5) is 23.1 Å². The van der Waals surface area contributed by atoms with E-state index in [2.05, 4.69) is 42.5 Å². The fraction of sp³-hybridized carbons (Fsp3) is 0.500. The van der Waals surface area contributed by atoms with Crippen molar-refractivity contribution < 1.29 is 19.2 Å². The molecule has 15 heteroatoms. The molecule has 1 aromatic carbocycles. The average Bonchev–Trinajstić information content (AvgIpc) is 3.88. The van der Waals surface area contributed by atoms with Crippen LogP contribution >= 0.6 is 0 Å². The van der Waals surface area contributed by atoms with Crippen LogP contribution in [0.2, 0.25) is 0 Å². The molecule has 3 saturated heterocycles. The summed E-state index contributed by atoms with van der Waals surface area (Å²) in [5.41, 5.74) is 4.94. The van der Waals surface area contributed by atoms with E-state index in [1.54, 1.807) is 22.6 Å². The monoisotopic (exact) mass is 800 g/mol. The number of piperidine rings is 2. The molecule has 4 aliphatic heterocycles. The van der Waals surface area contributed by atoms with E-state index in [0.29, 0.717) is 47.4 Å². The third-order valence-electron chi connectivity index (χ3n) is 13.3. The Labute approximate surface area is 343 Å². The number of anilines is 4. The molecule has 9 rings (SSSR count). The van der Waals surface area contributed by atoms with Gasteiger partial charge in [0.25, 0.3) is 11.5 Å². The summed E-state index contributed by atoms with van der Waals surface area (Å²) in [6.45, 7) is 10.5. The van der Waals surface area contributed by atoms with Gasteiger partial charge in [0, 0.05) is 81.1 Å². The number of aromatic nitrogens is 4. The number of hydrogen-bond acceptors (Lipinski definition) is 12. The number of hydrogen-bond donors (Lipinski definition) is 2. The number of nitrogens with one attached hydrogen (secondary N) is 2. The molecule has 3 aromatic heterocycles. The Balaban J connectivity index is 0.746. The van der Waals surface area contributed by atoms with Crippen molar-refractivity contribution in [2.45, 2.75) is 90.3 Å². The van der Waals surface area contributed by atoms with Crippen molar-refractivity contribution in [2.24, 2.45) is 5.92 Å². The lowest BCUT2D eigenvalue weighted by atomic mass is 9.93. The molecule has 2 N–H and O–H groups in total. The summed E-state index contributed by atoms with van der Waals surface area (Å²) in [5.74, 6) is 0.638.